The molecular formula is C12H19FNO+. The van der Waals surface area contributed by atoms with Gasteiger partial charge in [-0.3, -0.25) is 0 Å². The van der Waals surface area contributed by atoms with Gasteiger partial charge in [-0.25, -0.2) is 8.97 Å². The van der Waals surface area contributed by atoms with Crippen molar-refractivity contribution in [3.05, 3.63) is 11.9 Å². The Labute approximate surface area is 90.4 Å². The molecule has 1 saturated heterocycles. The summed E-state index contributed by atoms with van der Waals surface area (Å²) in [5, 5.41) is 0. The van der Waals surface area contributed by atoms with Gasteiger partial charge in [-0.1, -0.05) is 6.42 Å². The maximum Gasteiger partial charge on any atom is 0.211 e. The largest absolute Gasteiger partial charge is 0.368 e. The molecule has 0 bridgehead atoms. The summed E-state index contributed by atoms with van der Waals surface area (Å²) < 4.78 is 21.3. The lowest BCUT2D eigenvalue weighted by molar-refractivity contribution is -0.550. The number of halogens is 1. The molecule has 0 unspecified atom stereocenters. The van der Waals surface area contributed by atoms with Crippen LogP contribution in [-0.2, 0) is 4.74 Å². The molecule has 2 nitrogen and oxygen atoms in total. The first-order valence-corrected chi connectivity index (χ1v) is 5.92. The molecule has 0 spiro atoms. The minimum atomic E-state index is 0.0107. The van der Waals surface area contributed by atoms with Gasteiger partial charge in [0, 0.05) is 6.42 Å². The molecule has 0 aromatic carbocycles. The number of rotatable bonds is 0. The van der Waals surface area contributed by atoms with Crippen molar-refractivity contribution in [2.75, 3.05) is 26.3 Å². The monoisotopic (exact) mass is 212 g/mol. The van der Waals surface area contributed by atoms with Crippen LogP contribution < -0.4 is 0 Å². The summed E-state index contributed by atoms with van der Waals surface area (Å²) in [6.07, 6.45) is 7.00. The van der Waals surface area contributed by atoms with Crippen LogP contribution in [0.25, 0.3) is 0 Å². The van der Waals surface area contributed by atoms with E-state index in [1.165, 1.54) is 6.42 Å². The van der Waals surface area contributed by atoms with Crippen molar-refractivity contribution in [1.29, 1.82) is 0 Å². The van der Waals surface area contributed by atoms with Crippen molar-refractivity contribution in [1.82, 2.24) is 0 Å². The summed E-state index contributed by atoms with van der Waals surface area (Å²) in [7, 11) is 0. The van der Waals surface area contributed by atoms with Crippen molar-refractivity contribution in [2.24, 2.45) is 0 Å². The van der Waals surface area contributed by atoms with E-state index in [-0.39, 0.29) is 5.83 Å². The summed E-state index contributed by atoms with van der Waals surface area (Å²) in [6.45, 7) is 3.15. The second kappa shape index (κ2) is 5.40. The quantitative estimate of drug-likeness (QED) is 0.561. The van der Waals surface area contributed by atoms with Crippen LogP contribution in [0.15, 0.2) is 11.9 Å². The molecule has 0 N–H and O–H groups in total. The van der Waals surface area contributed by atoms with Crippen molar-refractivity contribution < 1.29 is 13.7 Å². The van der Waals surface area contributed by atoms with Crippen LogP contribution in [0.1, 0.15) is 32.1 Å². The molecule has 1 heterocycles. The van der Waals surface area contributed by atoms with Gasteiger partial charge < -0.3 is 4.74 Å². The van der Waals surface area contributed by atoms with Gasteiger partial charge in [0.2, 0.25) is 5.71 Å². The van der Waals surface area contributed by atoms with E-state index in [0.29, 0.717) is 0 Å². The van der Waals surface area contributed by atoms with E-state index < -0.39 is 0 Å². The number of ether oxygens (including phenoxy) is 1. The lowest BCUT2D eigenvalue weighted by Crippen LogP contribution is -2.33. The second-order valence-electron chi connectivity index (χ2n) is 4.20. The molecule has 0 radical (unpaired) electrons. The smallest absolute Gasteiger partial charge is 0.211 e. The van der Waals surface area contributed by atoms with E-state index in [2.05, 4.69) is 4.58 Å². The zero-order valence-electron chi connectivity index (χ0n) is 9.17. The Kier molecular flexibility index (Phi) is 3.89. The van der Waals surface area contributed by atoms with Crippen LogP contribution in [-0.4, -0.2) is 36.6 Å². The maximum atomic E-state index is 13.8. The molecule has 15 heavy (non-hydrogen) atoms. The summed E-state index contributed by atoms with van der Waals surface area (Å²) in [4.78, 5) is 0. The van der Waals surface area contributed by atoms with Gasteiger partial charge in [-0.2, -0.15) is 0 Å². The Hall–Kier alpha value is -0.700. The van der Waals surface area contributed by atoms with E-state index in [1.54, 1.807) is 6.08 Å². The molecule has 2 rings (SSSR count). The molecule has 0 amide bonds. The molecule has 1 aliphatic carbocycles. The Morgan fingerprint density at radius 3 is 2.73 bits per heavy atom. The topological polar surface area (TPSA) is 12.2 Å². The highest BCUT2D eigenvalue weighted by Gasteiger charge is 2.22. The third-order valence-corrected chi connectivity index (χ3v) is 3.11. The third kappa shape index (κ3) is 2.88. The Morgan fingerprint density at radius 2 is 1.93 bits per heavy atom. The Bertz CT molecular complexity index is 275. The van der Waals surface area contributed by atoms with Crippen molar-refractivity contribution >= 4 is 5.71 Å². The van der Waals surface area contributed by atoms with Gasteiger partial charge in [0.05, 0.1) is 0 Å². The SMILES string of the molecule is F/C1=C/CCCCCC1=[N+]1CCOCC1. The summed E-state index contributed by atoms with van der Waals surface area (Å²) >= 11 is 0. The minimum absolute atomic E-state index is 0.0107. The van der Waals surface area contributed by atoms with E-state index in [0.717, 1.165) is 57.7 Å². The molecule has 3 heteroatoms. The van der Waals surface area contributed by atoms with E-state index in [4.69, 9.17) is 4.74 Å². The highest BCUT2D eigenvalue weighted by molar-refractivity contribution is 5.94. The normalized spacial score (nSPS) is 27.9. The van der Waals surface area contributed by atoms with Crippen molar-refractivity contribution in [3.63, 3.8) is 0 Å². The molecule has 84 valence electrons. The van der Waals surface area contributed by atoms with Gasteiger partial charge in [-0.15, -0.1) is 0 Å². The average molecular weight is 212 g/mol. The van der Waals surface area contributed by atoms with Gasteiger partial charge in [0.25, 0.3) is 0 Å². The fraction of sp³-hybridized carbons (Fsp3) is 0.750. The van der Waals surface area contributed by atoms with Crippen LogP contribution >= 0.6 is 0 Å². The summed E-state index contributed by atoms with van der Waals surface area (Å²) in [6, 6.07) is 0. The van der Waals surface area contributed by atoms with E-state index in [9.17, 15) is 4.39 Å². The lowest BCUT2D eigenvalue weighted by atomic mass is 10.0. The van der Waals surface area contributed by atoms with Gasteiger partial charge in [0.15, 0.2) is 18.9 Å². The zero-order valence-corrected chi connectivity index (χ0v) is 9.17. The molecular weight excluding hydrogens is 193 g/mol. The average Bonchev–Trinajstić information content (AvgIpc) is 2.25. The fourth-order valence-corrected chi connectivity index (χ4v) is 2.22. The summed E-state index contributed by atoms with van der Waals surface area (Å²) in [5.41, 5.74) is 0.915. The Morgan fingerprint density at radius 1 is 1.13 bits per heavy atom. The number of hydrogen-bond donors (Lipinski definition) is 0. The van der Waals surface area contributed by atoms with Crippen LogP contribution in [0, 0.1) is 0 Å². The predicted octanol–water partition coefficient (Wildman–Crippen LogP) is 2.29. The number of allylic oxidation sites excluding steroid dienone is 2. The molecule has 0 saturated carbocycles. The minimum Gasteiger partial charge on any atom is -0.368 e. The number of morpholine rings is 1. The lowest BCUT2D eigenvalue weighted by Gasteiger charge is -2.15. The maximum absolute atomic E-state index is 13.8. The van der Waals surface area contributed by atoms with Crippen LogP contribution in [0.2, 0.25) is 0 Å². The van der Waals surface area contributed by atoms with Crippen molar-refractivity contribution in [3.8, 4) is 0 Å². The predicted molar refractivity (Wildman–Crippen MR) is 58.1 cm³/mol. The Balaban J connectivity index is 2.18. The van der Waals surface area contributed by atoms with Crippen LogP contribution in [0.3, 0.4) is 0 Å². The first kappa shape index (κ1) is 10.8. The van der Waals surface area contributed by atoms with Gasteiger partial charge in [-0.05, 0) is 25.3 Å². The highest BCUT2D eigenvalue weighted by Crippen LogP contribution is 2.16. The van der Waals surface area contributed by atoms with Crippen LogP contribution in [0.4, 0.5) is 4.39 Å². The van der Waals surface area contributed by atoms with Crippen molar-refractivity contribution in [2.45, 2.75) is 32.1 Å². The highest BCUT2D eigenvalue weighted by atomic mass is 19.1. The van der Waals surface area contributed by atoms with E-state index in [1.807, 2.05) is 0 Å². The molecule has 1 fully saturated rings. The van der Waals surface area contributed by atoms with E-state index >= 15 is 0 Å². The van der Waals surface area contributed by atoms with Gasteiger partial charge in [0.1, 0.15) is 13.2 Å². The van der Waals surface area contributed by atoms with Gasteiger partial charge >= 0.3 is 0 Å². The summed E-state index contributed by atoms with van der Waals surface area (Å²) in [5.74, 6) is 0.0107. The standard InChI is InChI=1S/C12H19FNO/c13-11-5-3-1-2-4-6-12(11)14-7-9-15-10-8-14/h5H,1-4,6-10H2/q+1/b11-5+. The number of nitrogens with zero attached hydrogens (tertiary/aromatic N) is 1. The first-order valence-electron chi connectivity index (χ1n) is 5.92. The van der Waals surface area contributed by atoms with Crippen LogP contribution in [0.5, 0.6) is 0 Å². The molecule has 0 atom stereocenters. The zero-order chi connectivity index (χ0) is 10.5. The molecule has 0 aromatic rings. The fourth-order valence-electron chi connectivity index (χ4n) is 2.22. The third-order valence-electron chi connectivity index (χ3n) is 3.11. The first-order chi connectivity index (χ1) is 7.38. The number of hydrogen-bond acceptors (Lipinski definition) is 1. The molecule has 1 aliphatic heterocycles. The molecule has 2 aliphatic rings. The molecule has 0 aromatic heterocycles. The second-order valence-corrected chi connectivity index (χ2v) is 4.20.